The first-order valence-electron chi connectivity index (χ1n) is 24.1. The lowest BCUT2D eigenvalue weighted by atomic mass is 9.95. The summed E-state index contributed by atoms with van der Waals surface area (Å²) in [5.74, 6) is -7.52. The van der Waals surface area contributed by atoms with Crippen LogP contribution in [0.4, 0.5) is 0 Å². The first-order valence-corrected chi connectivity index (χ1v) is 24.1. The fourth-order valence-corrected chi connectivity index (χ4v) is 8.82. The molecule has 372 valence electrons. The van der Waals surface area contributed by atoms with E-state index >= 15 is 0 Å². The summed E-state index contributed by atoms with van der Waals surface area (Å²) in [5, 5.41) is 25.8. The minimum Gasteiger partial charge on any atom is -0.508 e. The third-order valence-corrected chi connectivity index (χ3v) is 12.6. The molecular formula is C48H73N7O12. The zero-order chi connectivity index (χ0) is 49.0. The minimum atomic E-state index is -1.55. The molecule has 5 atom stereocenters. The van der Waals surface area contributed by atoms with Gasteiger partial charge in [0.05, 0.1) is 12.8 Å². The molecule has 4 rings (SSSR count). The summed E-state index contributed by atoms with van der Waals surface area (Å²) < 4.78 is 11.3. The maximum atomic E-state index is 14.2. The van der Waals surface area contributed by atoms with Gasteiger partial charge in [0.15, 0.2) is 0 Å². The van der Waals surface area contributed by atoms with E-state index in [9.17, 15) is 48.3 Å². The zero-order valence-corrected chi connectivity index (χ0v) is 39.6. The number of ether oxygens (including phenoxy) is 2. The molecule has 0 aliphatic heterocycles. The van der Waals surface area contributed by atoms with Crippen LogP contribution in [0.2, 0.25) is 0 Å². The number of esters is 2. The Morgan fingerprint density at radius 1 is 0.642 bits per heavy atom. The molecule has 3 fully saturated rings. The Balaban J connectivity index is 1.54. The van der Waals surface area contributed by atoms with Crippen LogP contribution in [0.1, 0.15) is 154 Å². The van der Waals surface area contributed by atoms with E-state index in [1.807, 2.05) is 0 Å². The molecule has 7 amide bonds. The molecule has 19 heteroatoms. The van der Waals surface area contributed by atoms with Crippen LogP contribution in [-0.2, 0) is 59.0 Å². The van der Waals surface area contributed by atoms with E-state index in [1.54, 1.807) is 32.9 Å². The zero-order valence-electron chi connectivity index (χ0n) is 39.6. The van der Waals surface area contributed by atoms with Crippen LogP contribution < -0.4 is 37.6 Å². The van der Waals surface area contributed by atoms with Gasteiger partial charge in [0.25, 0.3) is 0 Å². The average Bonchev–Trinajstić information content (AvgIpc) is 3.27. The van der Waals surface area contributed by atoms with Crippen LogP contribution in [-0.4, -0.2) is 107 Å². The third kappa shape index (κ3) is 18.8. The summed E-state index contributed by atoms with van der Waals surface area (Å²) in [7, 11) is 0. The molecule has 0 radical (unpaired) electrons. The number of hydrogen-bond acceptors (Lipinski definition) is 12. The van der Waals surface area contributed by atoms with Crippen molar-refractivity contribution < 1.29 is 57.7 Å². The lowest BCUT2D eigenvalue weighted by Gasteiger charge is -2.29. The molecule has 19 nitrogen and oxygen atoms in total. The topological polar surface area (TPSA) is 291 Å². The normalized spacial score (nSPS) is 18.2. The number of nitrogens with two attached hydrogens (primary N) is 1. The summed E-state index contributed by atoms with van der Waals surface area (Å²) in [6.07, 6.45) is 10.5. The Kier molecular flexibility index (Phi) is 21.8. The second-order valence-corrected chi connectivity index (χ2v) is 18.7. The molecule has 0 heterocycles. The summed E-state index contributed by atoms with van der Waals surface area (Å²) in [6.45, 7) is 6.08. The van der Waals surface area contributed by atoms with Crippen LogP contribution in [0.5, 0.6) is 5.75 Å². The van der Waals surface area contributed by atoms with Crippen molar-refractivity contribution in [1.29, 1.82) is 0 Å². The molecule has 0 bridgehead atoms. The predicted molar refractivity (Wildman–Crippen MR) is 245 cm³/mol. The molecule has 1 aromatic rings. The lowest BCUT2D eigenvalue weighted by Crippen LogP contribution is -2.60. The second-order valence-electron chi connectivity index (χ2n) is 18.7. The minimum absolute atomic E-state index is 0.0358. The summed E-state index contributed by atoms with van der Waals surface area (Å²) in [5.41, 5.74) is 6.81. The number of carbonyl (C=O) groups excluding carboxylic acids is 9. The quantitative estimate of drug-likeness (QED) is 0.0735. The van der Waals surface area contributed by atoms with Gasteiger partial charge in [0.2, 0.25) is 41.4 Å². The van der Waals surface area contributed by atoms with Gasteiger partial charge in [0, 0.05) is 25.8 Å². The van der Waals surface area contributed by atoms with E-state index in [1.165, 1.54) is 13.0 Å². The molecule has 0 aromatic heterocycles. The highest BCUT2D eigenvalue weighted by Crippen LogP contribution is 2.23. The molecule has 9 N–H and O–H groups in total. The number of rotatable bonds is 23. The van der Waals surface area contributed by atoms with Gasteiger partial charge in [-0.05, 0) is 101 Å². The van der Waals surface area contributed by atoms with Crippen molar-refractivity contribution >= 4 is 53.3 Å². The van der Waals surface area contributed by atoms with E-state index in [4.69, 9.17) is 15.2 Å². The largest absolute Gasteiger partial charge is 0.508 e. The molecule has 0 saturated heterocycles. The van der Waals surface area contributed by atoms with Crippen molar-refractivity contribution in [1.82, 2.24) is 31.9 Å². The van der Waals surface area contributed by atoms with Crippen molar-refractivity contribution in [3.63, 3.8) is 0 Å². The van der Waals surface area contributed by atoms with Gasteiger partial charge in [-0.3, -0.25) is 43.2 Å². The number of aromatic hydroxyl groups is 1. The number of primary amides is 1. The van der Waals surface area contributed by atoms with Crippen molar-refractivity contribution in [2.75, 3.05) is 0 Å². The Labute approximate surface area is 393 Å². The van der Waals surface area contributed by atoms with Gasteiger partial charge in [0.1, 0.15) is 48.2 Å². The number of nitrogens with one attached hydrogen (secondary N) is 6. The van der Waals surface area contributed by atoms with Crippen LogP contribution in [0.3, 0.4) is 0 Å². The van der Waals surface area contributed by atoms with Crippen molar-refractivity contribution in [3.8, 4) is 5.75 Å². The fraction of sp³-hybridized carbons (Fsp3) is 0.688. The van der Waals surface area contributed by atoms with E-state index in [0.29, 0.717) is 36.8 Å². The number of amides is 7. The van der Waals surface area contributed by atoms with Gasteiger partial charge in [-0.15, -0.1) is 0 Å². The predicted octanol–water partition coefficient (Wildman–Crippen LogP) is 2.59. The van der Waals surface area contributed by atoms with Gasteiger partial charge < -0.3 is 52.2 Å². The Morgan fingerprint density at radius 3 is 1.69 bits per heavy atom. The van der Waals surface area contributed by atoms with Crippen LogP contribution in [0.15, 0.2) is 18.2 Å². The van der Waals surface area contributed by atoms with E-state index in [0.717, 1.165) is 70.6 Å². The Bertz CT molecular complexity index is 1890. The first-order chi connectivity index (χ1) is 31.9. The highest BCUT2D eigenvalue weighted by atomic mass is 16.5. The number of benzene rings is 1. The Hall–Kier alpha value is -5.75. The molecule has 67 heavy (non-hydrogen) atoms. The number of phenolic OH excluding ortho intramolecular Hbond substituents is 1. The first kappa shape index (κ1) is 53.9. The molecule has 1 aromatic carbocycles. The number of carbonyl (C=O) groups is 9. The summed E-state index contributed by atoms with van der Waals surface area (Å²) in [4.78, 5) is 121. The average molecular weight is 940 g/mol. The Morgan fingerprint density at radius 2 is 1.15 bits per heavy atom. The van der Waals surface area contributed by atoms with Crippen molar-refractivity contribution in [2.45, 2.75) is 205 Å². The lowest BCUT2D eigenvalue weighted by molar-refractivity contribution is -0.152. The van der Waals surface area contributed by atoms with E-state index < -0.39 is 102 Å². The maximum Gasteiger partial charge on any atom is 0.308 e. The SMILES string of the molecule is CC(=O)NC(CC(=O)OC1CCCCC1)C(=O)N[C@@H](CCC(=O)OC1CCCCC1)C(=O)N[C@H](C(=O)N[C@@H](CC(=O)NC1CCCCC1)C(=O)NC(Cc1ccc(O)c(C)c1)C(N)=O)C(C)C. The summed E-state index contributed by atoms with van der Waals surface area (Å²) >= 11 is 0. The highest BCUT2D eigenvalue weighted by molar-refractivity contribution is 5.98. The smallest absolute Gasteiger partial charge is 0.308 e. The number of phenols is 1. The van der Waals surface area contributed by atoms with Crippen LogP contribution >= 0.6 is 0 Å². The molecule has 3 aliphatic carbocycles. The van der Waals surface area contributed by atoms with Gasteiger partial charge in [-0.25, -0.2) is 0 Å². The fourth-order valence-electron chi connectivity index (χ4n) is 8.82. The van der Waals surface area contributed by atoms with Gasteiger partial charge >= 0.3 is 11.9 Å². The molecule has 2 unspecified atom stereocenters. The maximum absolute atomic E-state index is 14.2. The monoisotopic (exact) mass is 940 g/mol. The van der Waals surface area contributed by atoms with Crippen molar-refractivity contribution in [3.05, 3.63) is 29.3 Å². The standard InChI is InChI=1S/C48H73N7O12/c1-28(2)43(48(65)54-37(26-40(58)51-32-14-8-5-9-15-32)46(63)53-36(44(49)61)25-31-20-22-39(57)29(3)24-31)55-45(62)35(21-23-41(59)66-33-16-10-6-11-17-33)52-47(64)38(50-30(4)56)27-42(60)67-34-18-12-7-13-19-34/h20,22,24,28,32-38,43,57H,5-19,21,23,25-27H2,1-4H3,(H2,49,61)(H,50,56)(H,51,58)(H,52,64)(H,53,63)(H,54,65)(H,55,62)/t35-,36?,37-,38?,43-/m0/s1. The van der Waals surface area contributed by atoms with Crippen LogP contribution in [0.25, 0.3) is 0 Å². The highest BCUT2D eigenvalue weighted by Gasteiger charge is 2.36. The van der Waals surface area contributed by atoms with Crippen molar-refractivity contribution in [2.24, 2.45) is 11.7 Å². The molecule has 0 spiro atoms. The second kappa shape index (κ2) is 27.2. The molecular weight excluding hydrogens is 867 g/mol. The van der Waals surface area contributed by atoms with Gasteiger partial charge in [-0.1, -0.05) is 58.1 Å². The number of aryl methyl sites for hydroxylation is 1. The van der Waals surface area contributed by atoms with E-state index in [2.05, 4.69) is 31.9 Å². The third-order valence-electron chi connectivity index (χ3n) is 12.6. The molecule has 3 saturated carbocycles. The summed E-state index contributed by atoms with van der Waals surface area (Å²) in [6, 6.07) is -2.60. The van der Waals surface area contributed by atoms with Gasteiger partial charge in [-0.2, -0.15) is 0 Å². The number of hydrogen-bond donors (Lipinski definition) is 8. The van der Waals surface area contributed by atoms with E-state index in [-0.39, 0.29) is 43.3 Å². The molecule has 3 aliphatic rings. The van der Waals surface area contributed by atoms with Crippen LogP contribution in [0, 0.1) is 12.8 Å².